The molecule has 2 amide bonds. The van der Waals surface area contributed by atoms with Gasteiger partial charge in [0.05, 0.1) is 0 Å². The molecule has 3 rings (SSSR count). The maximum Gasteiger partial charge on any atom is 0.346 e. The third-order valence-corrected chi connectivity index (χ3v) is 4.68. The van der Waals surface area contributed by atoms with Gasteiger partial charge in [-0.1, -0.05) is 6.07 Å². The lowest BCUT2D eigenvalue weighted by Crippen LogP contribution is -2.27. The number of amides is 2. The number of hydrogen-bond acceptors (Lipinski definition) is 2. The number of urea groups is 1. The van der Waals surface area contributed by atoms with Crippen molar-refractivity contribution in [1.29, 1.82) is 0 Å². The van der Waals surface area contributed by atoms with Crippen LogP contribution in [0.3, 0.4) is 0 Å². The Hall–Kier alpha value is -1.88. The van der Waals surface area contributed by atoms with Crippen LogP contribution in [-0.4, -0.2) is 28.6 Å². The molecular formula is C16H19N3OS. The number of aryl methyl sites for hydroxylation is 2. The van der Waals surface area contributed by atoms with Crippen molar-refractivity contribution in [1.82, 2.24) is 9.47 Å². The van der Waals surface area contributed by atoms with Crippen molar-refractivity contribution in [2.45, 2.75) is 26.7 Å². The van der Waals surface area contributed by atoms with Gasteiger partial charge in [0.2, 0.25) is 0 Å². The summed E-state index contributed by atoms with van der Waals surface area (Å²) >= 11 is 1.49. The third kappa shape index (κ3) is 2.93. The molecular weight excluding hydrogens is 282 g/mol. The highest BCUT2D eigenvalue weighted by molar-refractivity contribution is 7.07. The number of hydrogen-bond donors (Lipinski definition) is 0. The van der Waals surface area contributed by atoms with Crippen LogP contribution >= 0.6 is 11.3 Å². The molecule has 1 aromatic heterocycles. The predicted octanol–water partition coefficient (Wildman–Crippen LogP) is 3.27. The minimum atomic E-state index is -0.118. The van der Waals surface area contributed by atoms with E-state index >= 15 is 0 Å². The molecule has 110 valence electrons. The molecule has 0 spiro atoms. The first kappa shape index (κ1) is 14.1. The SMILES string of the molecule is Cc1ccc(-n2ccsc2=NC(=O)N2CCCC2)cc1C. The fraction of sp³-hybridized carbons (Fsp3) is 0.375. The number of rotatable bonds is 1. The Labute approximate surface area is 128 Å². The average molecular weight is 301 g/mol. The molecule has 2 aromatic rings. The number of carbonyl (C=O) groups excluding carboxylic acids is 1. The molecule has 1 saturated heterocycles. The van der Waals surface area contributed by atoms with Gasteiger partial charge in [0.1, 0.15) is 0 Å². The van der Waals surface area contributed by atoms with E-state index in [9.17, 15) is 4.79 Å². The van der Waals surface area contributed by atoms with Gasteiger partial charge >= 0.3 is 6.03 Å². The molecule has 1 aliphatic heterocycles. The number of benzene rings is 1. The van der Waals surface area contributed by atoms with Gasteiger partial charge in [-0.25, -0.2) is 4.79 Å². The van der Waals surface area contributed by atoms with Crippen LogP contribution in [0.4, 0.5) is 4.79 Å². The van der Waals surface area contributed by atoms with E-state index in [4.69, 9.17) is 0 Å². The van der Waals surface area contributed by atoms with Crippen molar-refractivity contribution >= 4 is 17.4 Å². The Morgan fingerprint density at radius 1 is 1.19 bits per heavy atom. The lowest BCUT2D eigenvalue weighted by molar-refractivity contribution is 0.218. The summed E-state index contributed by atoms with van der Waals surface area (Å²) in [5, 5.41) is 1.96. The van der Waals surface area contributed by atoms with Gasteiger partial charge < -0.3 is 4.90 Å². The van der Waals surface area contributed by atoms with Crippen LogP contribution in [-0.2, 0) is 0 Å². The van der Waals surface area contributed by atoms with Gasteiger partial charge in [-0.3, -0.25) is 4.57 Å². The van der Waals surface area contributed by atoms with Crippen LogP contribution in [0.15, 0.2) is 34.8 Å². The molecule has 1 fully saturated rings. The number of thiazole rings is 1. The normalized spacial score (nSPS) is 15.7. The van der Waals surface area contributed by atoms with Crippen LogP contribution in [0.2, 0.25) is 0 Å². The molecule has 1 aromatic carbocycles. The highest BCUT2D eigenvalue weighted by atomic mass is 32.1. The second-order valence-electron chi connectivity index (χ2n) is 5.41. The predicted molar refractivity (Wildman–Crippen MR) is 84.9 cm³/mol. The van der Waals surface area contributed by atoms with E-state index in [2.05, 4.69) is 37.0 Å². The summed E-state index contributed by atoms with van der Waals surface area (Å²) in [5.74, 6) is 0. The van der Waals surface area contributed by atoms with Crippen molar-refractivity contribution in [3.63, 3.8) is 0 Å². The first-order chi connectivity index (χ1) is 10.1. The first-order valence-electron chi connectivity index (χ1n) is 7.22. The highest BCUT2D eigenvalue weighted by Crippen LogP contribution is 2.13. The fourth-order valence-electron chi connectivity index (χ4n) is 2.49. The summed E-state index contributed by atoms with van der Waals surface area (Å²) in [7, 11) is 0. The van der Waals surface area contributed by atoms with Gasteiger partial charge in [0.25, 0.3) is 0 Å². The summed E-state index contributed by atoms with van der Waals surface area (Å²) in [5.41, 5.74) is 3.55. The molecule has 0 radical (unpaired) electrons. The lowest BCUT2D eigenvalue weighted by atomic mass is 10.1. The second kappa shape index (κ2) is 5.85. The van der Waals surface area contributed by atoms with Gasteiger partial charge in [-0.05, 0) is 49.9 Å². The first-order valence-corrected chi connectivity index (χ1v) is 8.10. The Morgan fingerprint density at radius 2 is 1.95 bits per heavy atom. The van der Waals surface area contributed by atoms with E-state index in [1.807, 2.05) is 21.0 Å². The Kier molecular flexibility index (Phi) is 3.92. The summed E-state index contributed by atoms with van der Waals surface area (Å²) in [6.45, 7) is 5.85. The van der Waals surface area contributed by atoms with Crippen molar-refractivity contribution in [2.24, 2.45) is 4.99 Å². The standard InChI is InChI=1S/C16H19N3OS/c1-12-5-6-14(11-13(12)2)19-9-10-21-16(19)17-15(20)18-7-3-4-8-18/h5-6,9-11H,3-4,7-8H2,1-2H3. The number of nitrogens with zero attached hydrogens (tertiary/aromatic N) is 3. The number of carbonyl (C=O) groups is 1. The van der Waals surface area contributed by atoms with Gasteiger partial charge in [-0.2, -0.15) is 4.99 Å². The smallest absolute Gasteiger partial charge is 0.323 e. The molecule has 0 N–H and O–H groups in total. The monoisotopic (exact) mass is 301 g/mol. The second-order valence-corrected chi connectivity index (χ2v) is 6.29. The van der Waals surface area contributed by atoms with Crippen LogP contribution in [0.25, 0.3) is 5.69 Å². The zero-order chi connectivity index (χ0) is 14.8. The molecule has 1 aliphatic rings. The Bertz CT molecular complexity index is 723. The molecule has 0 saturated carbocycles. The van der Waals surface area contributed by atoms with E-state index in [0.29, 0.717) is 0 Å². The molecule has 0 unspecified atom stereocenters. The van der Waals surface area contributed by atoms with Gasteiger partial charge in [0, 0.05) is 30.4 Å². The quantitative estimate of drug-likeness (QED) is 0.796. The maximum atomic E-state index is 12.2. The third-order valence-electron chi connectivity index (χ3n) is 3.93. The van der Waals surface area contributed by atoms with Gasteiger partial charge in [-0.15, -0.1) is 11.3 Å². The van der Waals surface area contributed by atoms with E-state index < -0.39 is 0 Å². The van der Waals surface area contributed by atoms with Crippen molar-refractivity contribution < 1.29 is 4.79 Å². The average Bonchev–Trinajstić information content (AvgIpc) is 3.13. The van der Waals surface area contributed by atoms with Gasteiger partial charge in [0.15, 0.2) is 4.80 Å². The zero-order valence-electron chi connectivity index (χ0n) is 12.4. The summed E-state index contributed by atoms with van der Waals surface area (Å²) < 4.78 is 1.98. The van der Waals surface area contributed by atoms with Crippen molar-refractivity contribution in [3.8, 4) is 5.69 Å². The minimum absolute atomic E-state index is 0.118. The molecule has 4 nitrogen and oxygen atoms in total. The van der Waals surface area contributed by atoms with Crippen molar-refractivity contribution in [3.05, 3.63) is 45.7 Å². The fourth-order valence-corrected chi connectivity index (χ4v) is 3.20. The van der Waals surface area contributed by atoms with E-state index in [1.165, 1.54) is 22.5 Å². The molecule has 2 heterocycles. The number of likely N-dealkylation sites (tertiary alicyclic amines) is 1. The van der Waals surface area contributed by atoms with E-state index in [0.717, 1.165) is 36.4 Å². The number of aromatic nitrogens is 1. The largest absolute Gasteiger partial charge is 0.346 e. The maximum absolute atomic E-state index is 12.2. The molecule has 5 heteroatoms. The van der Waals surface area contributed by atoms with E-state index in [1.54, 1.807) is 0 Å². The van der Waals surface area contributed by atoms with Crippen LogP contribution < -0.4 is 4.80 Å². The topological polar surface area (TPSA) is 37.6 Å². The summed E-state index contributed by atoms with van der Waals surface area (Å²) in [4.78, 5) is 19.0. The lowest BCUT2D eigenvalue weighted by Gasteiger charge is -2.11. The minimum Gasteiger partial charge on any atom is -0.323 e. The molecule has 0 aliphatic carbocycles. The van der Waals surface area contributed by atoms with Crippen LogP contribution in [0.5, 0.6) is 0 Å². The van der Waals surface area contributed by atoms with Crippen molar-refractivity contribution in [2.75, 3.05) is 13.1 Å². The zero-order valence-corrected chi connectivity index (χ0v) is 13.2. The summed E-state index contributed by atoms with van der Waals surface area (Å²) in [6, 6.07) is 6.17. The summed E-state index contributed by atoms with van der Waals surface area (Å²) in [6.07, 6.45) is 4.14. The van der Waals surface area contributed by atoms with Crippen LogP contribution in [0.1, 0.15) is 24.0 Å². The molecule has 21 heavy (non-hydrogen) atoms. The highest BCUT2D eigenvalue weighted by Gasteiger charge is 2.17. The van der Waals surface area contributed by atoms with Crippen LogP contribution in [0, 0.1) is 13.8 Å². The Balaban J connectivity index is 1.96. The molecule has 0 bridgehead atoms. The van der Waals surface area contributed by atoms with E-state index in [-0.39, 0.29) is 6.03 Å². The Morgan fingerprint density at radius 3 is 2.67 bits per heavy atom. The molecule has 0 atom stereocenters.